The molecule has 0 spiro atoms. The fourth-order valence-corrected chi connectivity index (χ4v) is 1.98. The molecule has 0 saturated carbocycles. The van der Waals surface area contributed by atoms with Crippen LogP contribution in [0.2, 0.25) is 0 Å². The summed E-state index contributed by atoms with van der Waals surface area (Å²) in [7, 11) is 0. The Morgan fingerprint density at radius 1 is 1.50 bits per heavy atom. The molecule has 1 aliphatic heterocycles. The molecule has 1 amide bonds. The number of carboxylic acid groups (broad SMARTS) is 1. The quantitative estimate of drug-likeness (QED) is 0.743. The fraction of sp³-hybridized carbons (Fsp3) is 0.667. The first-order valence-electron chi connectivity index (χ1n) is 5.65. The van der Waals surface area contributed by atoms with Crippen LogP contribution < -0.4 is 0 Å². The molecule has 0 aliphatic carbocycles. The first-order valence-corrected chi connectivity index (χ1v) is 5.65. The lowest BCUT2D eigenvalue weighted by Gasteiger charge is -2.25. The molecule has 1 rings (SSSR count). The summed E-state index contributed by atoms with van der Waals surface area (Å²) < 4.78 is 0. The molecule has 0 aromatic rings. The molecule has 90 valence electrons. The second-order valence-electron chi connectivity index (χ2n) is 4.28. The Kier molecular flexibility index (Phi) is 4.10. The molecule has 0 aromatic carbocycles. The van der Waals surface area contributed by atoms with Crippen molar-refractivity contribution in [1.82, 2.24) is 4.90 Å². The molecule has 1 aliphatic rings. The van der Waals surface area contributed by atoms with Gasteiger partial charge in [0.1, 0.15) is 6.04 Å². The van der Waals surface area contributed by atoms with Gasteiger partial charge in [-0.2, -0.15) is 0 Å². The van der Waals surface area contributed by atoms with Crippen LogP contribution in [-0.4, -0.2) is 34.5 Å². The lowest BCUT2D eigenvalue weighted by molar-refractivity contribution is -0.149. The third-order valence-corrected chi connectivity index (χ3v) is 3.33. The highest BCUT2D eigenvalue weighted by atomic mass is 16.4. The molecule has 0 aromatic heterocycles. The van der Waals surface area contributed by atoms with E-state index in [1.165, 1.54) is 4.90 Å². The van der Waals surface area contributed by atoms with Gasteiger partial charge in [0.05, 0.1) is 5.92 Å². The number of carboxylic acids is 1. The molecule has 0 radical (unpaired) electrons. The van der Waals surface area contributed by atoms with Crippen LogP contribution >= 0.6 is 0 Å². The van der Waals surface area contributed by atoms with Crippen molar-refractivity contribution in [2.24, 2.45) is 5.92 Å². The largest absolute Gasteiger partial charge is 0.480 e. The van der Waals surface area contributed by atoms with Crippen molar-refractivity contribution in [2.45, 2.75) is 39.7 Å². The second-order valence-corrected chi connectivity index (χ2v) is 4.28. The van der Waals surface area contributed by atoms with E-state index in [4.69, 9.17) is 5.11 Å². The highest BCUT2D eigenvalue weighted by molar-refractivity contribution is 5.87. The number of aliphatic carboxylic acids is 1. The molecule has 16 heavy (non-hydrogen) atoms. The summed E-state index contributed by atoms with van der Waals surface area (Å²) in [6.07, 6.45) is 3.25. The fourth-order valence-electron chi connectivity index (χ4n) is 1.98. The number of carbonyl (C=O) groups excluding carboxylic acids is 1. The number of hydrogen-bond donors (Lipinski definition) is 1. The van der Waals surface area contributed by atoms with E-state index in [-0.39, 0.29) is 11.8 Å². The van der Waals surface area contributed by atoms with E-state index >= 15 is 0 Å². The topological polar surface area (TPSA) is 57.6 Å². The summed E-state index contributed by atoms with van der Waals surface area (Å²) in [5, 5.41) is 9.00. The van der Waals surface area contributed by atoms with Crippen LogP contribution in [0.15, 0.2) is 11.6 Å². The van der Waals surface area contributed by atoms with Gasteiger partial charge in [-0.25, -0.2) is 4.79 Å². The summed E-state index contributed by atoms with van der Waals surface area (Å²) in [4.78, 5) is 24.6. The van der Waals surface area contributed by atoms with Crippen LogP contribution in [0.1, 0.15) is 33.6 Å². The third kappa shape index (κ3) is 2.43. The van der Waals surface area contributed by atoms with E-state index in [9.17, 15) is 9.59 Å². The van der Waals surface area contributed by atoms with Gasteiger partial charge in [-0.1, -0.05) is 11.6 Å². The highest BCUT2D eigenvalue weighted by Crippen LogP contribution is 2.22. The van der Waals surface area contributed by atoms with E-state index in [0.717, 1.165) is 12.0 Å². The normalized spacial score (nSPS) is 23.3. The van der Waals surface area contributed by atoms with Gasteiger partial charge in [-0.05, 0) is 33.6 Å². The highest BCUT2D eigenvalue weighted by Gasteiger charge is 2.35. The molecule has 1 unspecified atom stereocenters. The molecular formula is C12H19NO3. The Labute approximate surface area is 95.9 Å². The van der Waals surface area contributed by atoms with Crippen LogP contribution in [0.3, 0.4) is 0 Å². The van der Waals surface area contributed by atoms with Crippen LogP contribution in [-0.2, 0) is 9.59 Å². The van der Waals surface area contributed by atoms with Gasteiger partial charge in [0.2, 0.25) is 5.91 Å². The van der Waals surface area contributed by atoms with Gasteiger partial charge < -0.3 is 10.0 Å². The predicted octanol–water partition coefficient (Wildman–Crippen LogP) is 1.66. The Balaban J connectivity index is 2.77. The zero-order valence-electron chi connectivity index (χ0n) is 10.1. The van der Waals surface area contributed by atoms with Crippen LogP contribution in [0.25, 0.3) is 0 Å². The average Bonchev–Trinajstić information content (AvgIpc) is 2.74. The number of allylic oxidation sites excluding steroid dienone is 1. The number of nitrogens with zero attached hydrogens (tertiary/aromatic N) is 1. The summed E-state index contributed by atoms with van der Waals surface area (Å²) in [6, 6.07) is -0.625. The first-order chi connectivity index (χ1) is 7.49. The van der Waals surface area contributed by atoms with E-state index < -0.39 is 12.0 Å². The summed E-state index contributed by atoms with van der Waals surface area (Å²) in [5.74, 6) is -1.18. The Hall–Kier alpha value is -1.32. The number of rotatable bonds is 3. The van der Waals surface area contributed by atoms with Crippen molar-refractivity contribution >= 4 is 11.9 Å². The SMILES string of the molecule is C/C=C(\C)C(C)C(=O)N1CCC[C@H]1C(=O)O. The van der Waals surface area contributed by atoms with Crippen LogP contribution in [0.5, 0.6) is 0 Å². The van der Waals surface area contributed by atoms with Crippen molar-refractivity contribution in [2.75, 3.05) is 6.54 Å². The second kappa shape index (κ2) is 5.14. The Morgan fingerprint density at radius 2 is 2.12 bits per heavy atom. The monoisotopic (exact) mass is 225 g/mol. The minimum absolute atomic E-state index is 0.0690. The number of likely N-dealkylation sites (tertiary alicyclic amines) is 1. The summed E-state index contributed by atoms with van der Waals surface area (Å²) in [5.41, 5.74) is 0.987. The van der Waals surface area contributed by atoms with Gasteiger partial charge >= 0.3 is 5.97 Å². The predicted molar refractivity (Wildman–Crippen MR) is 61.0 cm³/mol. The molecule has 1 saturated heterocycles. The number of carbonyl (C=O) groups is 2. The lowest BCUT2D eigenvalue weighted by atomic mass is 10.0. The van der Waals surface area contributed by atoms with Gasteiger partial charge in [-0.15, -0.1) is 0 Å². The van der Waals surface area contributed by atoms with Gasteiger partial charge in [-0.3, -0.25) is 4.79 Å². The van der Waals surface area contributed by atoms with Crippen LogP contribution in [0.4, 0.5) is 0 Å². The maximum absolute atomic E-state index is 12.1. The minimum Gasteiger partial charge on any atom is -0.480 e. The maximum Gasteiger partial charge on any atom is 0.326 e. The average molecular weight is 225 g/mol. The molecule has 1 fully saturated rings. The summed E-state index contributed by atoms with van der Waals surface area (Å²) in [6.45, 7) is 6.18. The minimum atomic E-state index is -0.892. The van der Waals surface area contributed by atoms with Gasteiger partial charge in [0.15, 0.2) is 0 Å². The molecular weight excluding hydrogens is 206 g/mol. The van der Waals surface area contributed by atoms with E-state index in [1.54, 1.807) is 0 Å². The Bertz CT molecular complexity index is 322. The molecule has 2 atom stereocenters. The third-order valence-electron chi connectivity index (χ3n) is 3.33. The van der Waals surface area contributed by atoms with Crippen molar-refractivity contribution in [3.63, 3.8) is 0 Å². The zero-order chi connectivity index (χ0) is 12.3. The maximum atomic E-state index is 12.1. The van der Waals surface area contributed by atoms with Crippen molar-refractivity contribution < 1.29 is 14.7 Å². The van der Waals surface area contributed by atoms with E-state index in [0.29, 0.717) is 13.0 Å². The number of amides is 1. The zero-order valence-corrected chi connectivity index (χ0v) is 10.1. The van der Waals surface area contributed by atoms with Crippen molar-refractivity contribution in [3.05, 3.63) is 11.6 Å². The Morgan fingerprint density at radius 3 is 2.62 bits per heavy atom. The van der Waals surface area contributed by atoms with E-state index in [2.05, 4.69) is 0 Å². The van der Waals surface area contributed by atoms with Gasteiger partial charge in [0.25, 0.3) is 0 Å². The van der Waals surface area contributed by atoms with E-state index in [1.807, 2.05) is 26.8 Å². The number of hydrogen-bond acceptors (Lipinski definition) is 2. The lowest BCUT2D eigenvalue weighted by Crippen LogP contribution is -2.43. The molecule has 1 heterocycles. The standard InChI is InChI=1S/C12H19NO3/c1-4-8(2)9(3)11(14)13-7-5-6-10(13)12(15)16/h4,9-10H,5-7H2,1-3H3,(H,15,16)/b8-4+/t9?,10-/m0/s1. The van der Waals surface area contributed by atoms with Gasteiger partial charge in [0, 0.05) is 6.54 Å². The first kappa shape index (κ1) is 12.7. The van der Waals surface area contributed by atoms with Crippen molar-refractivity contribution in [1.29, 1.82) is 0 Å². The smallest absolute Gasteiger partial charge is 0.326 e. The molecule has 1 N–H and O–H groups in total. The van der Waals surface area contributed by atoms with Crippen molar-refractivity contribution in [3.8, 4) is 0 Å². The molecule has 0 bridgehead atoms. The van der Waals surface area contributed by atoms with Crippen LogP contribution in [0, 0.1) is 5.92 Å². The molecule has 4 nitrogen and oxygen atoms in total. The summed E-state index contributed by atoms with van der Waals surface area (Å²) >= 11 is 0. The molecule has 4 heteroatoms.